The zero-order valence-electron chi connectivity index (χ0n) is 11.9. The molecule has 0 saturated carbocycles. The summed E-state index contributed by atoms with van der Waals surface area (Å²) in [4.78, 5) is 8.36. The molecule has 0 unspecified atom stereocenters. The van der Waals surface area contributed by atoms with E-state index in [1.54, 1.807) is 7.11 Å². The first-order valence-electron chi connectivity index (χ1n) is 6.21. The highest BCUT2D eigenvalue weighted by Gasteiger charge is 2.08. The molecule has 112 valence electrons. The number of hydrogen-bond acceptors (Lipinski definition) is 3. The summed E-state index contributed by atoms with van der Waals surface area (Å²) in [6.45, 7) is 2.23. The van der Waals surface area contributed by atoms with Gasteiger partial charge in [0.1, 0.15) is 18.1 Å². The summed E-state index contributed by atoms with van der Waals surface area (Å²) in [6, 6.07) is 13.4. The molecule has 2 aromatic rings. The van der Waals surface area contributed by atoms with Gasteiger partial charge in [0.05, 0.1) is 12.1 Å². The number of methoxy groups -OCH3 is 1. The normalized spacial score (nSPS) is 9.29. The summed E-state index contributed by atoms with van der Waals surface area (Å²) < 4.78 is 11.1. The van der Waals surface area contributed by atoms with E-state index in [9.17, 15) is 0 Å². The van der Waals surface area contributed by atoms with Crippen molar-refractivity contribution in [2.75, 3.05) is 7.11 Å². The van der Waals surface area contributed by atoms with E-state index < -0.39 is 0 Å². The van der Waals surface area contributed by atoms with Gasteiger partial charge in [-0.15, -0.1) is 0 Å². The van der Waals surface area contributed by atoms with Gasteiger partial charge in [0.2, 0.25) is 0 Å². The SMILES string of the molecule is COc1cccc(C)c1COc1ccccc1Cl.O=CO. The monoisotopic (exact) mass is 308 g/mol. The zero-order valence-corrected chi connectivity index (χ0v) is 12.6. The van der Waals surface area contributed by atoms with Gasteiger partial charge in [0.15, 0.2) is 0 Å². The molecule has 0 amide bonds. The number of carboxylic acid groups (broad SMARTS) is 1. The Morgan fingerprint density at radius 1 is 1.14 bits per heavy atom. The van der Waals surface area contributed by atoms with E-state index in [1.807, 2.05) is 49.4 Å². The first-order valence-corrected chi connectivity index (χ1v) is 6.59. The lowest BCUT2D eigenvalue weighted by Crippen LogP contribution is -2.01. The lowest BCUT2D eigenvalue weighted by molar-refractivity contribution is -0.122. The third-order valence-corrected chi connectivity index (χ3v) is 3.11. The summed E-state index contributed by atoms with van der Waals surface area (Å²) in [5.41, 5.74) is 2.18. The minimum atomic E-state index is -0.250. The summed E-state index contributed by atoms with van der Waals surface area (Å²) in [5.74, 6) is 1.52. The molecule has 0 fully saturated rings. The zero-order chi connectivity index (χ0) is 15.7. The quantitative estimate of drug-likeness (QED) is 0.869. The maximum Gasteiger partial charge on any atom is 0.290 e. The van der Waals surface area contributed by atoms with Crippen molar-refractivity contribution in [3.8, 4) is 11.5 Å². The average molecular weight is 309 g/mol. The fourth-order valence-electron chi connectivity index (χ4n) is 1.76. The third-order valence-electron chi connectivity index (χ3n) is 2.80. The van der Waals surface area contributed by atoms with Crippen molar-refractivity contribution in [1.82, 2.24) is 0 Å². The second-order valence-electron chi connectivity index (χ2n) is 4.08. The van der Waals surface area contributed by atoms with Gasteiger partial charge >= 0.3 is 0 Å². The van der Waals surface area contributed by atoms with Gasteiger partial charge in [-0.1, -0.05) is 35.9 Å². The smallest absolute Gasteiger partial charge is 0.290 e. The highest BCUT2D eigenvalue weighted by molar-refractivity contribution is 6.32. The number of halogens is 1. The number of ether oxygens (including phenoxy) is 2. The molecule has 0 saturated heterocycles. The number of hydrogen-bond donors (Lipinski definition) is 1. The van der Waals surface area contributed by atoms with Crippen molar-refractivity contribution in [3.05, 3.63) is 58.6 Å². The second kappa shape index (κ2) is 8.87. The van der Waals surface area contributed by atoms with E-state index in [2.05, 4.69) is 0 Å². The Morgan fingerprint density at radius 2 is 1.76 bits per heavy atom. The molecular formula is C16H17ClO4. The van der Waals surface area contributed by atoms with E-state index in [1.165, 1.54) is 0 Å². The molecule has 0 spiro atoms. The number of para-hydroxylation sites is 1. The Bertz CT molecular complexity index is 584. The van der Waals surface area contributed by atoms with Crippen LogP contribution in [0.2, 0.25) is 5.02 Å². The first kappa shape index (κ1) is 16.9. The highest BCUT2D eigenvalue weighted by atomic mass is 35.5. The molecule has 0 heterocycles. The van der Waals surface area contributed by atoms with Crippen LogP contribution in [0, 0.1) is 6.92 Å². The minimum Gasteiger partial charge on any atom is -0.496 e. The largest absolute Gasteiger partial charge is 0.496 e. The van der Waals surface area contributed by atoms with Crippen molar-refractivity contribution in [1.29, 1.82) is 0 Å². The van der Waals surface area contributed by atoms with Crippen LogP contribution in [-0.2, 0) is 11.4 Å². The van der Waals surface area contributed by atoms with Crippen LogP contribution in [-0.4, -0.2) is 18.7 Å². The van der Waals surface area contributed by atoms with Crippen LogP contribution in [0.15, 0.2) is 42.5 Å². The summed E-state index contributed by atoms with van der Waals surface area (Å²) in [5, 5.41) is 7.50. The standard InChI is InChI=1S/C15H15ClO2.CH2O2/c1-11-6-5-9-14(17-2)12(11)10-18-15-8-4-3-7-13(15)16;2-1-3/h3-9H,10H2,1-2H3;1H,(H,2,3). The molecule has 0 bridgehead atoms. The van der Waals surface area contributed by atoms with Gasteiger partial charge in [-0.3, -0.25) is 4.79 Å². The fraction of sp³-hybridized carbons (Fsp3) is 0.188. The van der Waals surface area contributed by atoms with E-state index in [4.69, 9.17) is 31.0 Å². The van der Waals surface area contributed by atoms with E-state index >= 15 is 0 Å². The molecule has 0 aliphatic heterocycles. The van der Waals surface area contributed by atoms with E-state index in [-0.39, 0.29) is 6.47 Å². The Morgan fingerprint density at radius 3 is 2.38 bits per heavy atom. The van der Waals surface area contributed by atoms with Crippen LogP contribution in [0.3, 0.4) is 0 Å². The van der Waals surface area contributed by atoms with Crippen molar-refractivity contribution in [2.24, 2.45) is 0 Å². The van der Waals surface area contributed by atoms with Crippen LogP contribution < -0.4 is 9.47 Å². The second-order valence-corrected chi connectivity index (χ2v) is 4.49. The molecule has 1 N–H and O–H groups in total. The maximum atomic E-state index is 8.36. The number of benzene rings is 2. The van der Waals surface area contributed by atoms with Crippen LogP contribution in [0.5, 0.6) is 11.5 Å². The van der Waals surface area contributed by atoms with Crippen LogP contribution in [0.25, 0.3) is 0 Å². The topological polar surface area (TPSA) is 55.8 Å². The molecule has 0 aliphatic rings. The number of aryl methyl sites for hydroxylation is 1. The predicted octanol–water partition coefficient (Wildman–Crippen LogP) is 3.94. The molecule has 0 aromatic heterocycles. The van der Waals surface area contributed by atoms with Crippen molar-refractivity contribution >= 4 is 18.1 Å². The van der Waals surface area contributed by atoms with Gasteiger partial charge in [-0.25, -0.2) is 0 Å². The van der Waals surface area contributed by atoms with Gasteiger partial charge < -0.3 is 14.6 Å². The van der Waals surface area contributed by atoms with Crippen molar-refractivity contribution < 1.29 is 19.4 Å². The van der Waals surface area contributed by atoms with Crippen LogP contribution in [0.1, 0.15) is 11.1 Å². The number of rotatable bonds is 4. The molecule has 0 atom stereocenters. The molecular weight excluding hydrogens is 292 g/mol. The minimum absolute atomic E-state index is 0.250. The highest BCUT2D eigenvalue weighted by Crippen LogP contribution is 2.27. The van der Waals surface area contributed by atoms with Gasteiger partial charge in [0.25, 0.3) is 6.47 Å². The van der Waals surface area contributed by atoms with E-state index in [0.717, 1.165) is 16.9 Å². The summed E-state index contributed by atoms with van der Waals surface area (Å²) in [7, 11) is 1.66. The summed E-state index contributed by atoms with van der Waals surface area (Å²) >= 11 is 6.05. The Labute approximate surface area is 128 Å². The summed E-state index contributed by atoms with van der Waals surface area (Å²) in [6.07, 6.45) is 0. The molecule has 0 radical (unpaired) electrons. The lowest BCUT2D eigenvalue weighted by Gasteiger charge is -2.13. The van der Waals surface area contributed by atoms with Crippen LogP contribution in [0.4, 0.5) is 0 Å². The molecule has 2 rings (SSSR count). The molecule has 4 nitrogen and oxygen atoms in total. The average Bonchev–Trinajstić information content (AvgIpc) is 2.48. The molecule has 5 heteroatoms. The Hall–Kier alpha value is -2.20. The lowest BCUT2D eigenvalue weighted by atomic mass is 10.1. The van der Waals surface area contributed by atoms with Gasteiger partial charge in [-0.05, 0) is 30.7 Å². The van der Waals surface area contributed by atoms with Gasteiger partial charge in [0, 0.05) is 5.56 Å². The Balaban J connectivity index is 0.000000677. The van der Waals surface area contributed by atoms with Gasteiger partial charge in [-0.2, -0.15) is 0 Å². The molecule has 0 aliphatic carbocycles. The van der Waals surface area contributed by atoms with E-state index in [0.29, 0.717) is 17.4 Å². The third kappa shape index (κ3) is 5.00. The predicted molar refractivity (Wildman–Crippen MR) is 82.2 cm³/mol. The molecule has 2 aromatic carbocycles. The molecule has 21 heavy (non-hydrogen) atoms. The maximum absolute atomic E-state index is 8.36. The number of carbonyl (C=O) groups is 1. The fourth-order valence-corrected chi connectivity index (χ4v) is 1.95. The first-order chi connectivity index (χ1) is 10.1. The van der Waals surface area contributed by atoms with Crippen LogP contribution >= 0.6 is 11.6 Å². The Kier molecular flexibility index (Phi) is 7.12. The van der Waals surface area contributed by atoms with Crippen molar-refractivity contribution in [2.45, 2.75) is 13.5 Å². The van der Waals surface area contributed by atoms with Crippen molar-refractivity contribution in [3.63, 3.8) is 0 Å².